The normalized spacial score (nSPS) is 11.5. The second-order valence-corrected chi connectivity index (χ2v) is 4.78. The molecule has 0 saturated heterocycles. The number of rotatable bonds is 6. The minimum atomic E-state index is -1.01. The number of hydrogen-bond donors (Lipinski definition) is 3. The molecular formula is C14H18N2O5. The molecule has 0 spiro atoms. The van der Waals surface area contributed by atoms with E-state index in [0.29, 0.717) is 0 Å². The zero-order chi connectivity index (χ0) is 16.0. The lowest BCUT2D eigenvalue weighted by Gasteiger charge is -2.20. The molecule has 1 unspecified atom stereocenters. The fourth-order valence-corrected chi connectivity index (χ4v) is 1.65. The van der Waals surface area contributed by atoms with Crippen LogP contribution in [-0.4, -0.2) is 46.7 Å². The Morgan fingerprint density at radius 3 is 2.24 bits per heavy atom. The summed E-state index contributed by atoms with van der Waals surface area (Å²) >= 11 is 0. The summed E-state index contributed by atoms with van der Waals surface area (Å²) in [6.07, 6.45) is 0. The number of carboxylic acid groups (broad SMARTS) is 2. The average Bonchev–Trinajstić information content (AvgIpc) is 2.44. The maximum Gasteiger partial charge on any atom is 0.335 e. The van der Waals surface area contributed by atoms with Crippen molar-refractivity contribution in [2.45, 2.75) is 13.5 Å². The average molecular weight is 294 g/mol. The van der Waals surface area contributed by atoms with E-state index in [9.17, 15) is 14.4 Å². The van der Waals surface area contributed by atoms with Crippen LogP contribution in [0.25, 0.3) is 0 Å². The van der Waals surface area contributed by atoms with Gasteiger partial charge in [-0.15, -0.1) is 0 Å². The van der Waals surface area contributed by atoms with Gasteiger partial charge in [0.05, 0.1) is 11.5 Å². The van der Waals surface area contributed by atoms with Crippen LogP contribution in [0, 0.1) is 5.92 Å². The molecule has 114 valence electrons. The van der Waals surface area contributed by atoms with Gasteiger partial charge < -0.3 is 20.4 Å². The predicted molar refractivity (Wildman–Crippen MR) is 75.1 cm³/mol. The summed E-state index contributed by atoms with van der Waals surface area (Å²) in [6.45, 7) is 1.88. The van der Waals surface area contributed by atoms with Gasteiger partial charge in [0.1, 0.15) is 0 Å². The third kappa shape index (κ3) is 5.13. The summed E-state index contributed by atoms with van der Waals surface area (Å²) in [7, 11) is 1.52. The van der Waals surface area contributed by atoms with Crippen LogP contribution < -0.4 is 5.32 Å². The highest BCUT2D eigenvalue weighted by Crippen LogP contribution is 2.05. The van der Waals surface area contributed by atoms with Gasteiger partial charge in [0.15, 0.2) is 0 Å². The Morgan fingerprint density at radius 2 is 1.76 bits per heavy atom. The Bertz CT molecular complexity index is 527. The second kappa shape index (κ2) is 7.28. The van der Waals surface area contributed by atoms with Crippen molar-refractivity contribution in [2.75, 3.05) is 13.6 Å². The van der Waals surface area contributed by atoms with Gasteiger partial charge in [-0.05, 0) is 17.7 Å². The third-order valence-electron chi connectivity index (χ3n) is 2.96. The highest BCUT2D eigenvalue weighted by molar-refractivity contribution is 5.87. The molecule has 1 aromatic carbocycles. The van der Waals surface area contributed by atoms with Gasteiger partial charge in [0, 0.05) is 20.1 Å². The monoisotopic (exact) mass is 294 g/mol. The van der Waals surface area contributed by atoms with E-state index in [2.05, 4.69) is 5.32 Å². The van der Waals surface area contributed by atoms with E-state index in [4.69, 9.17) is 10.2 Å². The first-order valence-electron chi connectivity index (χ1n) is 6.35. The topological polar surface area (TPSA) is 107 Å². The minimum absolute atomic E-state index is 0.110. The van der Waals surface area contributed by atoms with Gasteiger partial charge >= 0.3 is 18.0 Å². The number of amides is 2. The Morgan fingerprint density at radius 1 is 1.19 bits per heavy atom. The van der Waals surface area contributed by atoms with Crippen LogP contribution in [0.3, 0.4) is 0 Å². The summed E-state index contributed by atoms with van der Waals surface area (Å²) in [5.41, 5.74) is 0.936. The quantitative estimate of drug-likeness (QED) is 0.732. The van der Waals surface area contributed by atoms with Crippen molar-refractivity contribution in [2.24, 2.45) is 5.92 Å². The molecule has 0 bridgehead atoms. The molecule has 0 aliphatic heterocycles. The molecule has 0 aliphatic rings. The minimum Gasteiger partial charge on any atom is -0.481 e. The fraction of sp³-hybridized carbons (Fsp3) is 0.357. The molecule has 1 atom stereocenters. The van der Waals surface area contributed by atoms with Crippen molar-refractivity contribution >= 4 is 18.0 Å². The van der Waals surface area contributed by atoms with Crippen LogP contribution in [0.2, 0.25) is 0 Å². The van der Waals surface area contributed by atoms with Crippen molar-refractivity contribution in [3.05, 3.63) is 35.4 Å². The number of carbonyl (C=O) groups is 3. The van der Waals surface area contributed by atoms with Crippen LogP contribution in [-0.2, 0) is 11.3 Å². The van der Waals surface area contributed by atoms with Gasteiger partial charge in [-0.3, -0.25) is 4.79 Å². The number of carboxylic acids is 2. The lowest BCUT2D eigenvalue weighted by molar-refractivity contribution is -0.141. The zero-order valence-corrected chi connectivity index (χ0v) is 11.9. The summed E-state index contributed by atoms with van der Waals surface area (Å²) in [6, 6.07) is 5.76. The number of hydrogen-bond acceptors (Lipinski definition) is 3. The number of nitrogens with one attached hydrogen (secondary N) is 1. The van der Waals surface area contributed by atoms with Crippen LogP contribution in [0.4, 0.5) is 4.79 Å². The molecule has 0 fully saturated rings. The van der Waals surface area contributed by atoms with Gasteiger partial charge in [-0.1, -0.05) is 19.1 Å². The Hall–Kier alpha value is -2.57. The third-order valence-corrected chi connectivity index (χ3v) is 2.96. The van der Waals surface area contributed by atoms with Crippen LogP contribution in [0.5, 0.6) is 0 Å². The first-order chi connectivity index (χ1) is 9.81. The fourth-order valence-electron chi connectivity index (χ4n) is 1.65. The summed E-state index contributed by atoms with van der Waals surface area (Å²) in [4.78, 5) is 34.5. The summed E-state index contributed by atoms with van der Waals surface area (Å²) in [5.74, 6) is -2.61. The lowest BCUT2D eigenvalue weighted by atomic mass is 10.1. The molecule has 2 amide bonds. The van der Waals surface area contributed by atoms with E-state index < -0.39 is 17.9 Å². The summed E-state index contributed by atoms with van der Waals surface area (Å²) < 4.78 is 0. The zero-order valence-electron chi connectivity index (χ0n) is 11.9. The summed E-state index contributed by atoms with van der Waals surface area (Å²) in [5, 5.41) is 20.2. The standard InChI is InChI=1S/C14H18N2O5/c1-9(12(17)18)8-16(2)14(21)15-7-10-3-5-11(6-4-10)13(19)20/h3-6,9H,7-8H2,1-2H3,(H,15,21)(H,17,18)(H,19,20). The molecule has 0 radical (unpaired) electrons. The van der Waals surface area contributed by atoms with E-state index in [0.717, 1.165) is 5.56 Å². The maximum atomic E-state index is 11.8. The molecule has 7 heteroatoms. The van der Waals surface area contributed by atoms with Crippen LogP contribution in [0.1, 0.15) is 22.8 Å². The SMILES string of the molecule is CC(CN(C)C(=O)NCc1ccc(C(=O)O)cc1)C(=O)O. The van der Waals surface area contributed by atoms with Crippen molar-refractivity contribution in [1.82, 2.24) is 10.2 Å². The van der Waals surface area contributed by atoms with Crippen LogP contribution >= 0.6 is 0 Å². The van der Waals surface area contributed by atoms with Crippen molar-refractivity contribution in [1.29, 1.82) is 0 Å². The van der Waals surface area contributed by atoms with Gasteiger partial charge in [0.2, 0.25) is 0 Å². The Kier molecular flexibility index (Phi) is 5.71. The number of benzene rings is 1. The molecule has 0 saturated carbocycles. The van der Waals surface area contributed by atoms with Crippen LogP contribution in [0.15, 0.2) is 24.3 Å². The van der Waals surface area contributed by atoms with Crippen molar-refractivity contribution < 1.29 is 24.6 Å². The molecule has 0 aromatic heterocycles. The number of aromatic carboxylic acids is 1. The van der Waals surface area contributed by atoms with E-state index in [-0.39, 0.29) is 24.7 Å². The number of aliphatic carboxylic acids is 1. The van der Waals surface area contributed by atoms with Crippen molar-refractivity contribution in [3.8, 4) is 0 Å². The van der Waals surface area contributed by atoms with E-state index in [1.165, 1.54) is 31.0 Å². The van der Waals surface area contributed by atoms with Gasteiger partial charge in [-0.25, -0.2) is 9.59 Å². The highest BCUT2D eigenvalue weighted by atomic mass is 16.4. The smallest absolute Gasteiger partial charge is 0.335 e. The maximum absolute atomic E-state index is 11.8. The molecule has 1 rings (SSSR count). The molecule has 7 nitrogen and oxygen atoms in total. The molecular weight excluding hydrogens is 276 g/mol. The second-order valence-electron chi connectivity index (χ2n) is 4.78. The highest BCUT2D eigenvalue weighted by Gasteiger charge is 2.17. The molecule has 3 N–H and O–H groups in total. The first-order valence-corrected chi connectivity index (χ1v) is 6.35. The van der Waals surface area contributed by atoms with Crippen molar-refractivity contribution in [3.63, 3.8) is 0 Å². The Balaban J connectivity index is 2.48. The van der Waals surface area contributed by atoms with Gasteiger partial charge in [0.25, 0.3) is 0 Å². The van der Waals surface area contributed by atoms with E-state index in [1.807, 2.05) is 0 Å². The van der Waals surface area contributed by atoms with E-state index >= 15 is 0 Å². The number of nitrogens with zero attached hydrogens (tertiary/aromatic N) is 1. The Labute approximate surface area is 122 Å². The largest absolute Gasteiger partial charge is 0.481 e. The number of urea groups is 1. The van der Waals surface area contributed by atoms with E-state index in [1.54, 1.807) is 12.1 Å². The lowest BCUT2D eigenvalue weighted by Crippen LogP contribution is -2.40. The molecule has 0 heterocycles. The number of carbonyl (C=O) groups excluding carboxylic acids is 1. The molecule has 1 aromatic rings. The predicted octanol–water partition coefficient (Wildman–Crippen LogP) is 1.25. The molecule has 21 heavy (non-hydrogen) atoms. The van der Waals surface area contributed by atoms with Gasteiger partial charge in [-0.2, -0.15) is 0 Å². The molecule has 0 aliphatic carbocycles. The first kappa shape index (κ1) is 16.5.